The van der Waals surface area contributed by atoms with Gasteiger partial charge in [0.05, 0.1) is 0 Å². The maximum atomic E-state index is 6.23. The molecule has 0 saturated carbocycles. The fraction of sp³-hybridized carbons (Fsp3) is 0.150. The Morgan fingerprint density at radius 1 is 0.783 bits per heavy atom. The first-order valence-electron chi connectivity index (χ1n) is 7.68. The number of anilines is 1. The first kappa shape index (κ1) is 15.6. The smallest absolute Gasteiger partial charge is 0.134 e. The lowest BCUT2D eigenvalue weighted by molar-refractivity contribution is 0.783. The highest BCUT2D eigenvalue weighted by Crippen LogP contribution is 2.22. The van der Waals surface area contributed by atoms with Crippen LogP contribution in [0.4, 0.5) is 5.82 Å². The van der Waals surface area contributed by atoms with Crippen LogP contribution in [-0.2, 0) is 13.1 Å². The first-order chi connectivity index (χ1) is 11.2. The number of aryl methyl sites for hydroxylation is 1. The summed E-state index contributed by atoms with van der Waals surface area (Å²) >= 11 is 6.23. The zero-order chi connectivity index (χ0) is 16.1. The summed E-state index contributed by atoms with van der Waals surface area (Å²) in [6, 6.07) is 24.9. The van der Waals surface area contributed by atoms with E-state index in [1.165, 1.54) is 11.1 Å². The molecule has 116 valence electrons. The minimum absolute atomic E-state index is 0.564. The lowest BCUT2D eigenvalue weighted by Gasteiger charge is -2.24. The summed E-state index contributed by atoms with van der Waals surface area (Å²) in [4.78, 5) is 6.80. The Morgan fingerprint density at radius 3 is 1.78 bits per heavy atom. The molecule has 0 atom stereocenters. The summed E-state index contributed by atoms with van der Waals surface area (Å²) in [5.74, 6) is 0.897. The molecule has 1 aromatic heterocycles. The molecule has 3 rings (SSSR count). The van der Waals surface area contributed by atoms with E-state index in [9.17, 15) is 0 Å². The number of hydrogen-bond donors (Lipinski definition) is 0. The lowest BCUT2D eigenvalue weighted by atomic mass is 10.1. The fourth-order valence-corrected chi connectivity index (χ4v) is 2.65. The van der Waals surface area contributed by atoms with Crippen molar-refractivity contribution in [3.05, 3.63) is 94.6 Å². The molecule has 0 fully saturated rings. The van der Waals surface area contributed by atoms with Crippen molar-refractivity contribution in [1.29, 1.82) is 0 Å². The third-order valence-electron chi connectivity index (χ3n) is 3.78. The number of halogens is 1. The van der Waals surface area contributed by atoms with Gasteiger partial charge in [-0.25, -0.2) is 4.98 Å². The van der Waals surface area contributed by atoms with Crippen LogP contribution in [0.1, 0.15) is 16.7 Å². The minimum Gasteiger partial charge on any atom is -0.348 e. The van der Waals surface area contributed by atoms with Crippen LogP contribution >= 0.6 is 11.6 Å². The Bertz CT molecular complexity index is 716. The van der Waals surface area contributed by atoms with Gasteiger partial charge in [-0.3, -0.25) is 0 Å². The topological polar surface area (TPSA) is 16.1 Å². The number of nitrogens with zero attached hydrogens (tertiary/aromatic N) is 2. The summed E-state index contributed by atoms with van der Waals surface area (Å²) in [7, 11) is 0. The molecule has 0 bridgehead atoms. The Labute approximate surface area is 142 Å². The predicted molar refractivity (Wildman–Crippen MR) is 96.8 cm³/mol. The molecular weight excluding hydrogens is 304 g/mol. The van der Waals surface area contributed by atoms with E-state index in [2.05, 4.69) is 58.4 Å². The Hall–Kier alpha value is -2.32. The van der Waals surface area contributed by atoms with Crippen LogP contribution < -0.4 is 4.90 Å². The fourth-order valence-electron chi connectivity index (χ4n) is 2.50. The maximum Gasteiger partial charge on any atom is 0.134 e. The first-order valence-corrected chi connectivity index (χ1v) is 8.06. The zero-order valence-electron chi connectivity index (χ0n) is 13.1. The van der Waals surface area contributed by atoms with Gasteiger partial charge >= 0.3 is 0 Å². The second-order valence-corrected chi connectivity index (χ2v) is 5.96. The lowest BCUT2D eigenvalue weighted by Crippen LogP contribution is -2.23. The van der Waals surface area contributed by atoms with Crippen molar-refractivity contribution in [1.82, 2.24) is 4.98 Å². The van der Waals surface area contributed by atoms with Crippen LogP contribution in [-0.4, -0.2) is 4.98 Å². The highest BCUT2D eigenvalue weighted by Gasteiger charge is 2.11. The molecule has 0 saturated heterocycles. The van der Waals surface area contributed by atoms with Crippen LogP contribution in [0.25, 0.3) is 0 Å². The summed E-state index contributed by atoms with van der Waals surface area (Å²) in [5, 5.41) is 0.564. The monoisotopic (exact) mass is 322 g/mol. The van der Waals surface area contributed by atoms with E-state index in [0.717, 1.165) is 24.5 Å². The van der Waals surface area contributed by atoms with Gasteiger partial charge in [-0.2, -0.15) is 0 Å². The molecule has 0 aliphatic heterocycles. The van der Waals surface area contributed by atoms with Crippen LogP contribution in [0.2, 0.25) is 5.15 Å². The Balaban J connectivity index is 1.90. The maximum absolute atomic E-state index is 6.23. The second-order valence-electron chi connectivity index (χ2n) is 5.60. The molecule has 2 aromatic carbocycles. The number of benzene rings is 2. The molecule has 0 amide bonds. The molecule has 23 heavy (non-hydrogen) atoms. The van der Waals surface area contributed by atoms with Gasteiger partial charge in [0.25, 0.3) is 0 Å². The third-order valence-corrected chi connectivity index (χ3v) is 4.16. The van der Waals surface area contributed by atoms with Crippen molar-refractivity contribution >= 4 is 17.4 Å². The van der Waals surface area contributed by atoms with Crippen molar-refractivity contribution in [2.75, 3.05) is 4.90 Å². The highest BCUT2D eigenvalue weighted by molar-refractivity contribution is 6.30. The van der Waals surface area contributed by atoms with Gasteiger partial charge < -0.3 is 4.90 Å². The van der Waals surface area contributed by atoms with Gasteiger partial charge in [0.1, 0.15) is 11.0 Å². The van der Waals surface area contributed by atoms with E-state index in [1.807, 2.05) is 31.2 Å². The molecule has 0 radical (unpaired) electrons. The van der Waals surface area contributed by atoms with Gasteiger partial charge in [-0.15, -0.1) is 0 Å². The summed E-state index contributed by atoms with van der Waals surface area (Å²) in [6.45, 7) is 3.56. The average Bonchev–Trinajstić information content (AvgIpc) is 2.59. The number of aromatic nitrogens is 1. The van der Waals surface area contributed by atoms with E-state index in [0.29, 0.717) is 5.15 Å². The Kier molecular flexibility index (Phi) is 4.94. The van der Waals surface area contributed by atoms with Crippen LogP contribution in [0.3, 0.4) is 0 Å². The SMILES string of the molecule is Cc1ccc(N(Cc2ccccc2)Cc2ccccc2)nc1Cl. The number of pyridine rings is 1. The van der Waals surface area contributed by atoms with Crippen molar-refractivity contribution < 1.29 is 0 Å². The third kappa shape index (κ3) is 4.11. The van der Waals surface area contributed by atoms with Crippen LogP contribution in [0.5, 0.6) is 0 Å². The van der Waals surface area contributed by atoms with Gasteiger partial charge in [0.15, 0.2) is 0 Å². The van der Waals surface area contributed by atoms with E-state index in [1.54, 1.807) is 0 Å². The van der Waals surface area contributed by atoms with Crippen molar-refractivity contribution in [2.24, 2.45) is 0 Å². The van der Waals surface area contributed by atoms with Crippen LogP contribution in [0.15, 0.2) is 72.8 Å². The quantitative estimate of drug-likeness (QED) is 0.596. The molecular formula is C20H19ClN2. The minimum atomic E-state index is 0.564. The van der Waals surface area contributed by atoms with E-state index in [-0.39, 0.29) is 0 Å². The molecule has 0 aliphatic carbocycles. The molecule has 2 nitrogen and oxygen atoms in total. The van der Waals surface area contributed by atoms with E-state index < -0.39 is 0 Å². The predicted octanol–water partition coefficient (Wildman–Crippen LogP) is 5.25. The van der Waals surface area contributed by atoms with Crippen molar-refractivity contribution in [3.8, 4) is 0 Å². The molecule has 0 N–H and O–H groups in total. The molecule has 0 unspecified atom stereocenters. The molecule has 0 spiro atoms. The standard InChI is InChI=1S/C20H19ClN2/c1-16-12-13-19(22-20(16)21)23(14-17-8-4-2-5-9-17)15-18-10-6-3-7-11-18/h2-13H,14-15H2,1H3. The Morgan fingerprint density at radius 2 is 1.30 bits per heavy atom. The van der Waals surface area contributed by atoms with Crippen molar-refractivity contribution in [2.45, 2.75) is 20.0 Å². The molecule has 3 heteroatoms. The zero-order valence-corrected chi connectivity index (χ0v) is 13.9. The second kappa shape index (κ2) is 7.30. The highest BCUT2D eigenvalue weighted by atomic mass is 35.5. The molecule has 1 heterocycles. The summed E-state index contributed by atoms with van der Waals surface area (Å²) < 4.78 is 0. The van der Waals surface area contributed by atoms with E-state index in [4.69, 9.17) is 11.6 Å². The normalized spacial score (nSPS) is 10.5. The largest absolute Gasteiger partial charge is 0.348 e. The molecule has 0 aliphatic rings. The van der Waals surface area contributed by atoms with E-state index >= 15 is 0 Å². The molecule has 3 aromatic rings. The summed E-state index contributed by atoms with van der Waals surface area (Å²) in [6.07, 6.45) is 0. The van der Waals surface area contributed by atoms with Crippen molar-refractivity contribution in [3.63, 3.8) is 0 Å². The average molecular weight is 323 g/mol. The number of rotatable bonds is 5. The van der Waals surface area contributed by atoms with Gasteiger partial charge in [-0.05, 0) is 29.7 Å². The van der Waals surface area contributed by atoms with Crippen LogP contribution in [0, 0.1) is 6.92 Å². The number of hydrogen-bond acceptors (Lipinski definition) is 2. The summed E-state index contributed by atoms with van der Waals surface area (Å²) in [5.41, 5.74) is 3.50. The van der Waals surface area contributed by atoms with Gasteiger partial charge in [-0.1, -0.05) is 78.3 Å². The van der Waals surface area contributed by atoms with Gasteiger partial charge in [0, 0.05) is 13.1 Å². The van der Waals surface area contributed by atoms with Gasteiger partial charge in [0.2, 0.25) is 0 Å².